The highest BCUT2D eigenvalue weighted by Crippen LogP contribution is 2.28. The number of rotatable bonds is 6. The molecule has 0 aliphatic carbocycles. The van der Waals surface area contributed by atoms with Crippen LogP contribution >= 0.6 is 11.6 Å². The molecular weight excluding hydrogens is 323 g/mol. The predicted octanol–water partition coefficient (Wildman–Crippen LogP) is 4.03. The number of hydrogen-bond acceptors (Lipinski definition) is 4. The molecule has 0 aromatic heterocycles. The Bertz CT molecular complexity index is 704. The topological polar surface area (TPSA) is 55.6 Å². The van der Waals surface area contributed by atoms with Gasteiger partial charge >= 0.3 is 5.69 Å². The lowest BCUT2D eigenvalue weighted by Gasteiger charge is -2.18. The van der Waals surface area contributed by atoms with Crippen LogP contribution in [0, 0.1) is 15.9 Å². The summed E-state index contributed by atoms with van der Waals surface area (Å²) in [5.74, 6) is -0.163. The molecule has 0 saturated carbocycles. The number of methoxy groups -OCH3 is 1. The molecule has 0 aliphatic heterocycles. The van der Waals surface area contributed by atoms with Gasteiger partial charge in [0.1, 0.15) is 5.82 Å². The maximum atomic E-state index is 13.8. The highest BCUT2D eigenvalue weighted by Gasteiger charge is 2.16. The third-order valence-corrected chi connectivity index (χ3v) is 3.74. The maximum Gasteiger partial charge on any atom is 0.311 e. The Morgan fingerprint density at radius 3 is 2.65 bits per heavy atom. The molecule has 2 aromatic rings. The molecule has 0 amide bonds. The van der Waals surface area contributed by atoms with E-state index in [2.05, 4.69) is 0 Å². The van der Waals surface area contributed by atoms with Gasteiger partial charge < -0.3 is 4.74 Å². The molecule has 0 unspecified atom stereocenters. The molecule has 2 aromatic carbocycles. The van der Waals surface area contributed by atoms with E-state index in [1.807, 2.05) is 4.90 Å². The zero-order valence-corrected chi connectivity index (χ0v) is 13.5. The van der Waals surface area contributed by atoms with Crippen LogP contribution in [0.2, 0.25) is 5.02 Å². The lowest BCUT2D eigenvalue weighted by molar-refractivity contribution is -0.385. The van der Waals surface area contributed by atoms with Gasteiger partial charge in [-0.25, -0.2) is 4.39 Å². The van der Waals surface area contributed by atoms with Crippen LogP contribution in [0.5, 0.6) is 5.75 Å². The first kappa shape index (κ1) is 17.2. The molecule has 122 valence electrons. The fourth-order valence-electron chi connectivity index (χ4n) is 2.30. The molecule has 0 radical (unpaired) electrons. The minimum absolute atomic E-state index is 0.0951. The fourth-order valence-corrected chi connectivity index (χ4v) is 2.52. The van der Waals surface area contributed by atoms with Gasteiger partial charge in [-0.2, -0.15) is 0 Å². The molecule has 0 atom stereocenters. The molecular formula is C16H16ClFN2O3. The summed E-state index contributed by atoms with van der Waals surface area (Å²) in [5.41, 5.74) is 1.04. The first-order valence-corrected chi connectivity index (χ1v) is 7.23. The van der Waals surface area contributed by atoms with Gasteiger partial charge in [0.05, 0.1) is 12.0 Å². The van der Waals surface area contributed by atoms with Gasteiger partial charge in [0, 0.05) is 29.7 Å². The number of nitro benzene ring substituents is 1. The summed E-state index contributed by atoms with van der Waals surface area (Å²) in [5, 5.41) is 11.4. The number of benzene rings is 2. The van der Waals surface area contributed by atoms with Gasteiger partial charge in [-0.15, -0.1) is 0 Å². The molecule has 23 heavy (non-hydrogen) atoms. The SMILES string of the molecule is COc1ccc(CN(C)Cc2c(F)cccc2Cl)cc1[N+](=O)[O-]. The van der Waals surface area contributed by atoms with E-state index in [1.54, 1.807) is 31.3 Å². The Balaban J connectivity index is 2.16. The Labute approximate surface area is 138 Å². The normalized spacial score (nSPS) is 10.8. The van der Waals surface area contributed by atoms with Crippen LogP contribution in [-0.4, -0.2) is 24.0 Å². The van der Waals surface area contributed by atoms with Crippen LogP contribution in [-0.2, 0) is 13.1 Å². The van der Waals surface area contributed by atoms with Crippen molar-refractivity contribution in [1.29, 1.82) is 0 Å². The lowest BCUT2D eigenvalue weighted by atomic mass is 10.1. The van der Waals surface area contributed by atoms with E-state index in [1.165, 1.54) is 19.2 Å². The summed E-state index contributed by atoms with van der Waals surface area (Å²) in [6, 6.07) is 9.29. The van der Waals surface area contributed by atoms with Crippen LogP contribution in [0.4, 0.5) is 10.1 Å². The molecule has 0 aliphatic rings. The number of nitro groups is 1. The van der Waals surface area contributed by atoms with Crippen molar-refractivity contribution in [3.63, 3.8) is 0 Å². The first-order valence-electron chi connectivity index (χ1n) is 6.85. The number of nitrogens with zero attached hydrogens (tertiary/aromatic N) is 2. The minimum atomic E-state index is -0.490. The highest BCUT2D eigenvalue weighted by atomic mass is 35.5. The quantitative estimate of drug-likeness (QED) is 0.589. The van der Waals surface area contributed by atoms with E-state index in [9.17, 15) is 14.5 Å². The van der Waals surface area contributed by atoms with E-state index in [0.29, 0.717) is 23.7 Å². The Kier molecular flexibility index (Phi) is 5.52. The summed E-state index contributed by atoms with van der Waals surface area (Å²) in [6.45, 7) is 0.709. The van der Waals surface area contributed by atoms with Crippen molar-refractivity contribution >= 4 is 17.3 Å². The second kappa shape index (κ2) is 7.39. The molecule has 2 rings (SSSR count). The van der Waals surface area contributed by atoms with Crippen molar-refractivity contribution in [2.75, 3.05) is 14.2 Å². The summed E-state index contributed by atoms with van der Waals surface area (Å²) < 4.78 is 18.8. The second-order valence-electron chi connectivity index (χ2n) is 5.14. The van der Waals surface area contributed by atoms with Crippen LogP contribution < -0.4 is 4.74 Å². The third-order valence-electron chi connectivity index (χ3n) is 3.38. The molecule has 5 nitrogen and oxygen atoms in total. The van der Waals surface area contributed by atoms with E-state index < -0.39 is 4.92 Å². The molecule has 0 bridgehead atoms. The van der Waals surface area contributed by atoms with E-state index in [-0.39, 0.29) is 17.3 Å². The smallest absolute Gasteiger partial charge is 0.311 e. The number of hydrogen-bond donors (Lipinski definition) is 0. The van der Waals surface area contributed by atoms with Crippen molar-refractivity contribution < 1.29 is 14.1 Å². The molecule has 0 heterocycles. The van der Waals surface area contributed by atoms with Gasteiger partial charge in [-0.05, 0) is 30.8 Å². The molecule has 0 N–H and O–H groups in total. The van der Waals surface area contributed by atoms with Crippen LogP contribution in [0.1, 0.15) is 11.1 Å². The molecule has 0 fully saturated rings. The van der Waals surface area contributed by atoms with Gasteiger partial charge in [-0.3, -0.25) is 15.0 Å². The monoisotopic (exact) mass is 338 g/mol. The third kappa shape index (κ3) is 4.18. The minimum Gasteiger partial charge on any atom is -0.490 e. The van der Waals surface area contributed by atoms with Gasteiger partial charge in [0.15, 0.2) is 5.75 Å². The van der Waals surface area contributed by atoms with Crippen molar-refractivity contribution in [1.82, 2.24) is 4.90 Å². The van der Waals surface area contributed by atoms with Crippen molar-refractivity contribution in [2.45, 2.75) is 13.1 Å². The maximum absolute atomic E-state index is 13.8. The second-order valence-corrected chi connectivity index (χ2v) is 5.54. The lowest BCUT2D eigenvalue weighted by Crippen LogP contribution is -2.18. The number of halogens is 2. The van der Waals surface area contributed by atoms with Crippen LogP contribution in [0.15, 0.2) is 36.4 Å². The average molecular weight is 339 g/mol. The van der Waals surface area contributed by atoms with Crippen LogP contribution in [0.3, 0.4) is 0 Å². The first-order chi connectivity index (χ1) is 10.9. The van der Waals surface area contributed by atoms with Gasteiger partial charge in [0.25, 0.3) is 0 Å². The highest BCUT2D eigenvalue weighted by molar-refractivity contribution is 6.31. The van der Waals surface area contributed by atoms with Crippen molar-refractivity contribution in [2.24, 2.45) is 0 Å². The predicted molar refractivity (Wildman–Crippen MR) is 86.2 cm³/mol. The fraction of sp³-hybridized carbons (Fsp3) is 0.250. The molecule has 0 saturated heterocycles. The summed E-state index contributed by atoms with van der Waals surface area (Å²) in [7, 11) is 3.17. The summed E-state index contributed by atoms with van der Waals surface area (Å²) in [4.78, 5) is 12.4. The Morgan fingerprint density at radius 2 is 2.04 bits per heavy atom. The Hall–Kier alpha value is -2.18. The van der Waals surface area contributed by atoms with Gasteiger partial charge in [0.2, 0.25) is 0 Å². The van der Waals surface area contributed by atoms with Crippen molar-refractivity contribution in [3.8, 4) is 5.75 Å². The zero-order valence-electron chi connectivity index (χ0n) is 12.8. The average Bonchev–Trinajstić information content (AvgIpc) is 2.51. The largest absolute Gasteiger partial charge is 0.490 e. The molecule has 7 heteroatoms. The van der Waals surface area contributed by atoms with Crippen LogP contribution in [0.25, 0.3) is 0 Å². The van der Waals surface area contributed by atoms with Crippen molar-refractivity contribution in [3.05, 3.63) is 68.5 Å². The van der Waals surface area contributed by atoms with E-state index in [0.717, 1.165) is 5.56 Å². The standard InChI is InChI=1S/C16H16ClFN2O3/c1-19(10-12-13(17)4-3-5-14(12)18)9-11-6-7-16(23-2)15(8-11)20(21)22/h3-8H,9-10H2,1-2H3. The summed E-state index contributed by atoms with van der Waals surface area (Å²) in [6.07, 6.45) is 0. The number of ether oxygens (including phenoxy) is 1. The van der Waals surface area contributed by atoms with E-state index >= 15 is 0 Å². The van der Waals surface area contributed by atoms with E-state index in [4.69, 9.17) is 16.3 Å². The molecule has 0 spiro atoms. The zero-order chi connectivity index (χ0) is 17.0. The van der Waals surface area contributed by atoms with Gasteiger partial charge in [-0.1, -0.05) is 23.7 Å². The summed E-state index contributed by atoms with van der Waals surface area (Å²) >= 11 is 6.01. The Morgan fingerprint density at radius 1 is 1.30 bits per heavy atom.